The van der Waals surface area contributed by atoms with Crippen LogP contribution < -0.4 is 10.7 Å². The van der Waals surface area contributed by atoms with Crippen molar-refractivity contribution >= 4 is 23.0 Å². The van der Waals surface area contributed by atoms with Crippen LogP contribution in [0.25, 0.3) is 0 Å². The van der Waals surface area contributed by atoms with Crippen molar-refractivity contribution in [2.75, 3.05) is 6.54 Å². The van der Waals surface area contributed by atoms with Crippen LogP contribution in [0.3, 0.4) is 0 Å². The molecule has 0 saturated carbocycles. The summed E-state index contributed by atoms with van der Waals surface area (Å²) in [6, 6.07) is 3.84. The lowest BCUT2D eigenvalue weighted by Gasteiger charge is -2.07. The van der Waals surface area contributed by atoms with Crippen molar-refractivity contribution in [3.63, 3.8) is 0 Å². The molecule has 1 rings (SSSR count). The van der Waals surface area contributed by atoms with Crippen LogP contribution in [0.15, 0.2) is 29.6 Å². The zero-order valence-electron chi connectivity index (χ0n) is 10.2. The maximum atomic E-state index is 5.09. The average Bonchev–Trinajstić information content (AvgIpc) is 2.37. The van der Waals surface area contributed by atoms with E-state index in [0.717, 1.165) is 30.7 Å². The first kappa shape index (κ1) is 13.6. The molecule has 0 aliphatic carbocycles. The monoisotopic (exact) mass is 250 g/mol. The highest BCUT2D eigenvalue weighted by molar-refractivity contribution is 7.80. The normalized spacial score (nSPS) is 11.1. The molecule has 2 N–H and O–H groups in total. The number of rotatable bonds is 5. The van der Waals surface area contributed by atoms with Crippen LogP contribution in [0, 0.1) is 0 Å². The van der Waals surface area contributed by atoms with Crippen molar-refractivity contribution in [3.05, 3.63) is 30.1 Å². The molecule has 17 heavy (non-hydrogen) atoms. The largest absolute Gasteiger partial charge is 0.361 e. The zero-order chi connectivity index (χ0) is 12.5. The lowest BCUT2D eigenvalue weighted by Crippen LogP contribution is -2.33. The highest BCUT2D eigenvalue weighted by Gasteiger charge is 1.97. The predicted molar refractivity (Wildman–Crippen MR) is 75.1 cm³/mol. The molecular weight excluding hydrogens is 232 g/mol. The van der Waals surface area contributed by atoms with Gasteiger partial charge in [-0.25, -0.2) is 0 Å². The number of aromatic nitrogens is 1. The van der Waals surface area contributed by atoms with Crippen molar-refractivity contribution in [1.82, 2.24) is 15.7 Å². The second-order valence-corrected chi connectivity index (χ2v) is 4.07. The van der Waals surface area contributed by atoms with Gasteiger partial charge in [-0.1, -0.05) is 19.4 Å². The van der Waals surface area contributed by atoms with E-state index >= 15 is 0 Å². The number of hydrogen-bond donors (Lipinski definition) is 2. The van der Waals surface area contributed by atoms with Gasteiger partial charge in [0.2, 0.25) is 0 Å². The third-order valence-electron chi connectivity index (χ3n) is 2.22. The highest BCUT2D eigenvalue weighted by atomic mass is 32.1. The van der Waals surface area contributed by atoms with E-state index in [4.69, 9.17) is 12.2 Å². The number of hydrazone groups is 1. The van der Waals surface area contributed by atoms with Crippen LogP contribution in [0.1, 0.15) is 32.3 Å². The highest BCUT2D eigenvalue weighted by Crippen LogP contribution is 1.97. The van der Waals surface area contributed by atoms with E-state index in [0.29, 0.717) is 5.11 Å². The van der Waals surface area contributed by atoms with E-state index < -0.39 is 0 Å². The number of unbranched alkanes of at least 4 members (excludes halogenated alkanes) is 1. The van der Waals surface area contributed by atoms with Crippen molar-refractivity contribution in [1.29, 1.82) is 0 Å². The van der Waals surface area contributed by atoms with Crippen LogP contribution in [0.5, 0.6) is 0 Å². The molecule has 0 atom stereocenters. The third-order valence-corrected chi connectivity index (χ3v) is 2.46. The molecule has 1 aromatic rings. The molecule has 0 spiro atoms. The van der Waals surface area contributed by atoms with Gasteiger partial charge in [-0.3, -0.25) is 10.4 Å². The van der Waals surface area contributed by atoms with Gasteiger partial charge >= 0.3 is 0 Å². The first-order valence-electron chi connectivity index (χ1n) is 5.72. The molecule has 1 aromatic heterocycles. The molecule has 0 bridgehead atoms. The number of pyridine rings is 1. The Hall–Kier alpha value is -1.49. The lowest BCUT2D eigenvalue weighted by atomic mass is 10.2. The Labute approximate surface area is 108 Å². The minimum absolute atomic E-state index is 0.557. The topological polar surface area (TPSA) is 49.3 Å². The summed E-state index contributed by atoms with van der Waals surface area (Å²) in [5.74, 6) is 0. The van der Waals surface area contributed by atoms with Gasteiger partial charge in [0.1, 0.15) is 0 Å². The fourth-order valence-corrected chi connectivity index (χ4v) is 1.34. The number of thiocarbonyl (C=S) groups is 1. The van der Waals surface area contributed by atoms with Gasteiger partial charge in [0, 0.05) is 24.5 Å². The summed E-state index contributed by atoms with van der Waals surface area (Å²) in [6.45, 7) is 4.94. The van der Waals surface area contributed by atoms with Gasteiger partial charge in [0.25, 0.3) is 0 Å². The van der Waals surface area contributed by atoms with E-state index in [2.05, 4.69) is 27.8 Å². The van der Waals surface area contributed by atoms with Crippen LogP contribution in [-0.2, 0) is 0 Å². The molecule has 0 fully saturated rings. The van der Waals surface area contributed by atoms with Gasteiger partial charge in [-0.15, -0.1) is 0 Å². The minimum atomic E-state index is 0.557. The Bertz CT molecular complexity index is 375. The fourth-order valence-electron chi connectivity index (χ4n) is 1.19. The maximum absolute atomic E-state index is 5.09. The van der Waals surface area contributed by atoms with Crippen molar-refractivity contribution in [2.45, 2.75) is 26.7 Å². The Kier molecular flexibility index (Phi) is 6.17. The molecule has 92 valence electrons. The summed E-state index contributed by atoms with van der Waals surface area (Å²) in [4.78, 5) is 4.04. The number of nitrogens with one attached hydrogen (secondary N) is 2. The summed E-state index contributed by atoms with van der Waals surface area (Å²) < 4.78 is 0. The van der Waals surface area contributed by atoms with Gasteiger partial charge < -0.3 is 5.32 Å². The summed E-state index contributed by atoms with van der Waals surface area (Å²) >= 11 is 5.09. The summed E-state index contributed by atoms with van der Waals surface area (Å²) in [6.07, 6.45) is 5.76. The fraction of sp³-hybridized carbons (Fsp3) is 0.417. The van der Waals surface area contributed by atoms with E-state index in [1.165, 1.54) is 0 Å². The Morgan fingerprint density at radius 1 is 1.53 bits per heavy atom. The number of nitrogens with zero attached hydrogens (tertiary/aromatic N) is 2. The third kappa shape index (κ3) is 5.40. The maximum Gasteiger partial charge on any atom is 0.186 e. The van der Waals surface area contributed by atoms with Crippen molar-refractivity contribution in [2.24, 2.45) is 5.10 Å². The van der Waals surface area contributed by atoms with Gasteiger partial charge in [0.15, 0.2) is 5.11 Å². The van der Waals surface area contributed by atoms with Crippen LogP contribution in [0.2, 0.25) is 0 Å². The predicted octanol–water partition coefficient (Wildman–Crippen LogP) is 2.07. The summed E-state index contributed by atoms with van der Waals surface area (Å²) in [5, 5.41) is 7.84. The average molecular weight is 250 g/mol. The smallest absolute Gasteiger partial charge is 0.186 e. The molecule has 0 saturated heterocycles. The van der Waals surface area contributed by atoms with Gasteiger partial charge in [-0.05, 0) is 31.6 Å². The molecule has 1 heterocycles. The van der Waals surface area contributed by atoms with Gasteiger partial charge in [0.05, 0.1) is 5.71 Å². The number of hydrogen-bond acceptors (Lipinski definition) is 3. The molecular formula is C12H18N4S. The Morgan fingerprint density at radius 3 is 3.00 bits per heavy atom. The summed E-state index contributed by atoms with van der Waals surface area (Å²) in [5.41, 5.74) is 4.66. The van der Waals surface area contributed by atoms with Crippen LogP contribution >= 0.6 is 12.2 Å². The second kappa shape index (κ2) is 7.73. The second-order valence-electron chi connectivity index (χ2n) is 3.66. The molecule has 0 amide bonds. The Morgan fingerprint density at radius 2 is 2.35 bits per heavy atom. The molecule has 4 nitrogen and oxygen atoms in total. The van der Waals surface area contributed by atoms with E-state index in [-0.39, 0.29) is 0 Å². The first-order chi connectivity index (χ1) is 8.24. The van der Waals surface area contributed by atoms with E-state index in [1.54, 1.807) is 12.4 Å². The zero-order valence-corrected chi connectivity index (χ0v) is 11.0. The first-order valence-corrected chi connectivity index (χ1v) is 6.13. The van der Waals surface area contributed by atoms with Gasteiger partial charge in [-0.2, -0.15) is 5.10 Å². The van der Waals surface area contributed by atoms with Crippen molar-refractivity contribution in [3.8, 4) is 0 Å². The lowest BCUT2D eigenvalue weighted by molar-refractivity contribution is 0.745. The SMILES string of the molecule is CCCCNC(=S)NN=C(C)c1cccnc1. The molecule has 0 unspecified atom stereocenters. The molecule has 0 radical (unpaired) electrons. The Balaban J connectivity index is 2.40. The van der Waals surface area contributed by atoms with Crippen molar-refractivity contribution < 1.29 is 0 Å². The van der Waals surface area contributed by atoms with Crippen LogP contribution in [-0.4, -0.2) is 22.4 Å². The molecule has 5 heteroatoms. The standard InChI is InChI=1S/C12H18N4S/c1-3-4-8-14-12(17)16-15-10(2)11-6-5-7-13-9-11/h5-7,9H,3-4,8H2,1-2H3,(H2,14,16,17). The molecule has 0 aliphatic rings. The minimum Gasteiger partial charge on any atom is -0.361 e. The van der Waals surface area contributed by atoms with E-state index in [1.807, 2.05) is 19.1 Å². The summed E-state index contributed by atoms with van der Waals surface area (Å²) in [7, 11) is 0. The molecule has 0 aromatic carbocycles. The molecule has 0 aliphatic heterocycles. The van der Waals surface area contributed by atoms with Crippen LogP contribution in [0.4, 0.5) is 0 Å². The van der Waals surface area contributed by atoms with E-state index in [9.17, 15) is 0 Å². The quantitative estimate of drug-likeness (QED) is 0.363.